The molecule has 2 rings (SSSR count). The molecule has 0 bridgehead atoms. The molecule has 0 radical (unpaired) electrons. The standard InChI is InChI=1S/C12H12N4/c13-10-7-4-8-11(12(10)14)16-15-9-5-2-1-3-6-9/h1-8H,13-14H2/b16-15-. The van der Waals surface area contributed by atoms with Crippen LogP contribution in [-0.2, 0) is 0 Å². The predicted molar refractivity (Wildman–Crippen MR) is 65.9 cm³/mol. The number of nitrogen functional groups attached to an aromatic ring is 2. The molecule has 4 heteroatoms. The molecule has 0 heterocycles. The Kier molecular flexibility index (Phi) is 2.82. The summed E-state index contributed by atoms with van der Waals surface area (Å²) in [7, 11) is 0. The number of anilines is 2. The molecule has 2 aromatic rings. The molecule has 0 aliphatic heterocycles. The van der Waals surface area contributed by atoms with Crippen molar-refractivity contribution in [2.45, 2.75) is 0 Å². The fourth-order valence-electron chi connectivity index (χ4n) is 1.26. The SMILES string of the molecule is Nc1cccc(/N=N\c2ccccc2)c1N. The lowest BCUT2D eigenvalue weighted by atomic mass is 10.2. The average Bonchev–Trinajstić information content (AvgIpc) is 2.32. The van der Waals surface area contributed by atoms with Crippen LogP contribution in [0.2, 0.25) is 0 Å². The van der Waals surface area contributed by atoms with Gasteiger partial charge in [-0.25, -0.2) is 0 Å². The fourth-order valence-corrected chi connectivity index (χ4v) is 1.26. The zero-order chi connectivity index (χ0) is 11.4. The second kappa shape index (κ2) is 4.44. The van der Waals surface area contributed by atoms with Crippen molar-refractivity contribution in [2.75, 3.05) is 11.5 Å². The number of hydrogen-bond donors (Lipinski definition) is 2. The summed E-state index contributed by atoms with van der Waals surface area (Å²) in [5.74, 6) is 0. The van der Waals surface area contributed by atoms with E-state index in [0.717, 1.165) is 5.69 Å². The topological polar surface area (TPSA) is 76.8 Å². The highest BCUT2D eigenvalue weighted by Crippen LogP contribution is 2.28. The molecule has 80 valence electrons. The van der Waals surface area contributed by atoms with E-state index in [-0.39, 0.29) is 0 Å². The van der Waals surface area contributed by atoms with Crippen LogP contribution in [0, 0.1) is 0 Å². The molecule has 0 aromatic heterocycles. The van der Waals surface area contributed by atoms with Gasteiger partial charge in [0.05, 0.1) is 17.1 Å². The van der Waals surface area contributed by atoms with Crippen LogP contribution in [0.1, 0.15) is 0 Å². The van der Waals surface area contributed by atoms with Gasteiger partial charge in [0.1, 0.15) is 5.69 Å². The van der Waals surface area contributed by atoms with Gasteiger partial charge in [0, 0.05) is 0 Å². The highest BCUT2D eigenvalue weighted by atomic mass is 15.1. The Balaban J connectivity index is 2.28. The van der Waals surface area contributed by atoms with Crippen LogP contribution in [0.15, 0.2) is 58.8 Å². The van der Waals surface area contributed by atoms with Crippen LogP contribution in [-0.4, -0.2) is 0 Å². The van der Waals surface area contributed by atoms with Gasteiger partial charge in [-0.15, -0.1) is 5.11 Å². The Morgan fingerprint density at radius 3 is 2.25 bits per heavy atom. The lowest BCUT2D eigenvalue weighted by Gasteiger charge is -2.01. The summed E-state index contributed by atoms with van der Waals surface area (Å²) >= 11 is 0. The molecule has 0 saturated heterocycles. The Morgan fingerprint density at radius 1 is 0.750 bits per heavy atom. The summed E-state index contributed by atoms with van der Waals surface area (Å²) in [4.78, 5) is 0. The second-order valence-corrected chi connectivity index (χ2v) is 3.32. The van der Waals surface area contributed by atoms with Crippen LogP contribution in [0.5, 0.6) is 0 Å². The molecular weight excluding hydrogens is 200 g/mol. The van der Waals surface area contributed by atoms with Gasteiger partial charge in [0.15, 0.2) is 0 Å². The molecule has 0 saturated carbocycles. The largest absolute Gasteiger partial charge is 0.397 e. The quantitative estimate of drug-likeness (QED) is 0.592. The van der Waals surface area contributed by atoms with Crippen LogP contribution in [0.4, 0.5) is 22.7 Å². The number of rotatable bonds is 2. The van der Waals surface area contributed by atoms with Gasteiger partial charge in [0.2, 0.25) is 0 Å². The van der Waals surface area contributed by atoms with Crippen LogP contribution < -0.4 is 11.5 Å². The van der Waals surface area contributed by atoms with E-state index in [9.17, 15) is 0 Å². The van der Waals surface area contributed by atoms with Gasteiger partial charge in [-0.05, 0) is 24.3 Å². The van der Waals surface area contributed by atoms with Gasteiger partial charge in [-0.3, -0.25) is 0 Å². The summed E-state index contributed by atoms with van der Waals surface area (Å²) in [6.07, 6.45) is 0. The smallest absolute Gasteiger partial charge is 0.111 e. The van der Waals surface area contributed by atoms with Gasteiger partial charge in [-0.1, -0.05) is 24.3 Å². The maximum Gasteiger partial charge on any atom is 0.111 e. The molecule has 4 N–H and O–H groups in total. The maximum atomic E-state index is 5.77. The Morgan fingerprint density at radius 2 is 1.50 bits per heavy atom. The molecule has 4 nitrogen and oxygen atoms in total. The minimum atomic E-state index is 0.460. The summed E-state index contributed by atoms with van der Waals surface area (Å²) in [5.41, 5.74) is 13.8. The van der Waals surface area contributed by atoms with E-state index in [4.69, 9.17) is 11.5 Å². The van der Waals surface area contributed by atoms with Crippen molar-refractivity contribution in [3.05, 3.63) is 48.5 Å². The van der Waals surface area contributed by atoms with Gasteiger partial charge in [0.25, 0.3) is 0 Å². The highest BCUT2D eigenvalue weighted by molar-refractivity contribution is 5.76. The van der Waals surface area contributed by atoms with E-state index in [1.54, 1.807) is 18.2 Å². The molecule has 0 fully saturated rings. The first-order valence-electron chi connectivity index (χ1n) is 4.88. The van der Waals surface area contributed by atoms with E-state index in [1.807, 2.05) is 30.3 Å². The molecule has 0 aliphatic rings. The van der Waals surface area contributed by atoms with E-state index in [0.29, 0.717) is 17.1 Å². The van der Waals surface area contributed by atoms with Crippen molar-refractivity contribution in [1.29, 1.82) is 0 Å². The van der Waals surface area contributed by atoms with Crippen LogP contribution >= 0.6 is 0 Å². The van der Waals surface area contributed by atoms with Crippen molar-refractivity contribution in [2.24, 2.45) is 10.2 Å². The molecule has 16 heavy (non-hydrogen) atoms. The maximum absolute atomic E-state index is 5.77. The van der Waals surface area contributed by atoms with Crippen LogP contribution in [0.3, 0.4) is 0 Å². The highest BCUT2D eigenvalue weighted by Gasteiger charge is 1.99. The van der Waals surface area contributed by atoms with Crippen molar-refractivity contribution in [3.8, 4) is 0 Å². The zero-order valence-corrected chi connectivity index (χ0v) is 8.67. The first kappa shape index (κ1) is 10.2. The molecule has 2 aromatic carbocycles. The van der Waals surface area contributed by atoms with E-state index in [1.165, 1.54) is 0 Å². The fraction of sp³-hybridized carbons (Fsp3) is 0. The number of nitrogens with two attached hydrogens (primary N) is 2. The molecule has 0 aliphatic carbocycles. The van der Waals surface area contributed by atoms with Gasteiger partial charge in [-0.2, -0.15) is 5.11 Å². The molecule has 0 unspecified atom stereocenters. The minimum absolute atomic E-state index is 0.460. The first-order chi connectivity index (χ1) is 7.77. The lowest BCUT2D eigenvalue weighted by molar-refractivity contribution is 1.23. The van der Waals surface area contributed by atoms with E-state index >= 15 is 0 Å². The van der Waals surface area contributed by atoms with Gasteiger partial charge < -0.3 is 11.5 Å². The summed E-state index contributed by atoms with van der Waals surface area (Å²) in [6, 6.07) is 14.8. The Labute approximate surface area is 93.6 Å². The number of benzene rings is 2. The molecule has 0 spiro atoms. The third-order valence-electron chi connectivity index (χ3n) is 2.15. The molecular formula is C12H12N4. The van der Waals surface area contributed by atoms with Crippen molar-refractivity contribution >= 4 is 22.7 Å². The summed E-state index contributed by atoms with van der Waals surface area (Å²) in [6.45, 7) is 0. The second-order valence-electron chi connectivity index (χ2n) is 3.32. The van der Waals surface area contributed by atoms with Crippen LogP contribution in [0.25, 0.3) is 0 Å². The summed E-state index contributed by atoms with van der Waals surface area (Å²) in [5, 5.41) is 8.12. The monoisotopic (exact) mass is 212 g/mol. The van der Waals surface area contributed by atoms with Crippen molar-refractivity contribution in [3.63, 3.8) is 0 Å². The van der Waals surface area contributed by atoms with E-state index in [2.05, 4.69) is 10.2 Å². The number of para-hydroxylation sites is 1. The third kappa shape index (κ3) is 2.17. The zero-order valence-electron chi connectivity index (χ0n) is 8.67. The van der Waals surface area contributed by atoms with Gasteiger partial charge >= 0.3 is 0 Å². The van der Waals surface area contributed by atoms with E-state index < -0.39 is 0 Å². The lowest BCUT2D eigenvalue weighted by Crippen LogP contribution is -1.93. The Bertz CT molecular complexity index is 506. The molecule has 0 amide bonds. The first-order valence-corrected chi connectivity index (χ1v) is 4.88. The third-order valence-corrected chi connectivity index (χ3v) is 2.15. The minimum Gasteiger partial charge on any atom is -0.397 e. The predicted octanol–water partition coefficient (Wildman–Crippen LogP) is 3.27. The number of azo groups is 1. The average molecular weight is 212 g/mol. The Hall–Kier alpha value is -2.36. The summed E-state index contributed by atoms with van der Waals surface area (Å²) < 4.78 is 0. The van der Waals surface area contributed by atoms with Crippen molar-refractivity contribution in [1.82, 2.24) is 0 Å². The normalized spacial score (nSPS) is 10.8. The number of hydrogen-bond acceptors (Lipinski definition) is 4. The molecule has 0 atom stereocenters. The van der Waals surface area contributed by atoms with Crippen molar-refractivity contribution < 1.29 is 0 Å². The number of nitrogens with zero attached hydrogens (tertiary/aromatic N) is 2.